The predicted octanol–water partition coefficient (Wildman–Crippen LogP) is -0.228. The number of carbonyl (C=O) groups excluding carboxylic acids is 3. The minimum atomic E-state index is -0.868. The quantitative estimate of drug-likeness (QED) is 0.577. The molecule has 1 unspecified atom stereocenters. The number of nitrogens with zero attached hydrogens (tertiary/aromatic N) is 1. The van der Waals surface area contributed by atoms with Crippen molar-refractivity contribution in [2.75, 3.05) is 12.0 Å². The van der Waals surface area contributed by atoms with Crippen molar-refractivity contribution in [3.63, 3.8) is 0 Å². The van der Waals surface area contributed by atoms with Crippen LogP contribution >= 0.6 is 0 Å². The van der Waals surface area contributed by atoms with E-state index in [1.54, 1.807) is 18.2 Å². The number of methoxy groups -OCH3 is 1. The molecule has 21 heavy (non-hydrogen) atoms. The first-order valence-electron chi connectivity index (χ1n) is 6.33. The summed E-state index contributed by atoms with van der Waals surface area (Å²) in [6.45, 7) is 1.87. The Kier molecular flexibility index (Phi) is 2.99. The number of amides is 2. The molecule has 1 fully saturated rings. The van der Waals surface area contributed by atoms with Gasteiger partial charge >= 0.3 is 5.97 Å². The van der Waals surface area contributed by atoms with Gasteiger partial charge in [0, 0.05) is 0 Å². The van der Waals surface area contributed by atoms with Gasteiger partial charge in [0.15, 0.2) is 0 Å². The van der Waals surface area contributed by atoms with E-state index in [2.05, 4.69) is 15.6 Å². The average molecular weight is 287 g/mol. The number of hydrazine groups is 1. The number of nitrogens with one attached hydrogen (secondary N) is 2. The van der Waals surface area contributed by atoms with Crippen LogP contribution in [-0.4, -0.2) is 30.9 Å². The Balaban J connectivity index is 2.06. The fourth-order valence-electron chi connectivity index (χ4n) is 2.47. The Morgan fingerprint density at radius 1 is 1.33 bits per heavy atom. The van der Waals surface area contributed by atoms with Gasteiger partial charge in [-0.1, -0.05) is 12.1 Å². The van der Waals surface area contributed by atoms with E-state index in [9.17, 15) is 14.4 Å². The molecule has 1 aromatic rings. The molecule has 2 aliphatic rings. The molecule has 0 radical (unpaired) electrons. The van der Waals surface area contributed by atoms with Crippen LogP contribution < -0.4 is 15.8 Å². The Bertz CT molecular complexity index is 695. The lowest BCUT2D eigenvalue weighted by molar-refractivity contribution is -0.137. The molecule has 0 saturated carbocycles. The number of ether oxygens (including phenoxy) is 1. The van der Waals surface area contributed by atoms with Crippen LogP contribution in [0.4, 0.5) is 5.69 Å². The predicted molar refractivity (Wildman–Crippen MR) is 72.8 cm³/mol. The standard InChI is InChI=1S/C14H13N3O4/c1-7-4-3-5-8(6-7)17-12(18)9-10(13(17)19)15-16-11(9)14(20)21-2/h3-6,10,15-16H,1-2H3. The molecule has 1 aromatic carbocycles. The number of fused-ring (bicyclic) bond motifs is 1. The van der Waals surface area contributed by atoms with Gasteiger partial charge in [0.1, 0.15) is 11.7 Å². The molecule has 3 rings (SSSR count). The number of imide groups is 1. The van der Waals surface area contributed by atoms with Crippen LogP contribution in [0.3, 0.4) is 0 Å². The minimum Gasteiger partial charge on any atom is -0.464 e. The number of rotatable bonds is 2. The first-order chi connectivity index (χ1) is 10.0. The zero-order valence-corrected chi connectivity index (χ0v) is 11.5. The van der Waals surface area contributed by atoms with Crippen molar-refractivity contribution >= 4 is 23.5 Å². The van der Waals surface area contributed by atoms with E-state index in [0.717, 1.165) is 10.5 Å². The SMILES string of the molecule is COC(=O)C1=C2C(=O)N(c3cccc(C)c3)C(=O)C2NN1. The summed E-state index contributed by atoms with van der Waals surface area (Å²) in [5, 5.41) is 0. The normalized spacial score (nSPS) is 20.7. The van der Waals surface area contributed by atoms with Gasteiger partial charge < -0.3 is 10.2 Å². The van der Waals surface area contributed by atoms with Crippen LogP contribution in [-0.2, 0) is 19.1 Å². The summed E-state index contributed by atoms with van der Waals surface area (Å²) in [4.78, 5) is 37.6. The van der Waals surface area contributed by atoms with Crippen molar-refractivity contribution in [3.05, 3.63) is 41.1 Å². The van der Waals surface area contributed by atoms with Crippen LogP contribution in [0.1, 0.15) is 5.56 Å². The second kappa shape index (κ2) is 4.71. The number of anilines is 1. The average Bonchev–Trinajstić information content (AvgIpc) is 3.00. The number of benzene rings is 1. The first-order valence-corrected chi connectivity index (χ1v) is 6.33. The molecule has 0 spiro atoms. The number of carbonyl (C=O) groups is 3. The number of hydrogen-bond donors (Lipinski definition) is 2. The third-order valence-corrected chi connectivity index (χ3v) is 3.45. The molecule has 2 N–H and O–H groups in total. The van der Waals surface area contributed by atoms with Crippen molar-refractivity contribution in [3.8, 4) is 0 Å². The van der Waals surface area contributed by atoms with E-state index >= 15 is 0 Å². The van der Waals surface area contributed by atoms with Gasteiger partial charge in [0.25, 0.3) is 11.8 Å². The minimum absolute atomic E-state index is 0.0176. The maximum absolute atomic E-state index is 12.5. The molecular formula is C14H13N3O4. The monoisotopic (exact) mass is 287 g/mol. The molecular weight excluding hydrogens is 274 g/mol. The summed E-state index contributed by atoms with van der Waals surface area (Å²) < 4.78 is 4.60. The van der Waals surface area contributed by atoms with Gasteiger partial charge in [-0.25, -0.2) is 15.1 Å². The second-order valence-electron chi connectivity index (χ2n) is 4.80. The molecule has 0 aliphatic carbocycles. The Hall–Kier alpha value is -2.67. The molecule has 0 bridgehead atoms. The van der Waals surface area contributed by atoms with Crippen LogP contribution in [0, 0.1) is 6.92 Å². The fraction of sp³-hybridized carbons (Fsp3) is 0.214. The Morgan fingerprint density at radius 2 is 2.10 bits per heavy atom. The van der Waals surface area contributed by atoms with Gasteiger partial charge in [-0.2, -0.15) is 0 Å². The van der Waals surface area contributed by atoms with Crippen molar-refractivity contribution in [2.24, 2.45) is 0 Å². The van der Waals surface area contributed by atoms with Crippen LogP contribution in [0.5, 0.6) is 0 Å². The fourth-order valence-corrected chi connectivity index (χ4v) is 2.47. The third kappa shape index (κ3) is 1.90. The van der Waals surface area contributed by atoms with E-state index in [4.69, 9.17) is 0 Å². The summed E-state index contributed by atoms with van der Waals surface area (Å²) >= 11 is 0. The molecule has 7 nitrogen and oxygen atoms in total. The Morgan fingerprint density at radius 3 is 2.76 bits per heavy atom. The number of esters is 1. The van der Waals surface area contributed by atoms with Crippen molar-refractivity contribution in [1.82, 2.24) is 10.9 Å². The zero-order chi connectivity index (χ0) is 15.1. The van der Waals surface area contributed by atoms with Gasteiger partial charge in [0.2, 0.25) is 0 Å². The lowest BCUT2D eigenvalue weighted by Gasteiger charge is -2.16. The van der Waals surface area contributed by atoms with Crippen molar-refractivity contribution < 1.29 is 19.1 Å². The van der Waals surface area contributed by atoms with E-state index in [1.165, 1.54) is 7.11 Å². The maximum Gasteiger partial charge on any atom is 0.356 e. The third-order valence-electron chi connectivity index (χ3n) is 3.45. The molecule has 2 amide bonds. The summed E-state index contributed by atoms with van der Waals surface area (Å²) in [5.74, 6) is -1.63. The van der Waals surface area contributed by atoms with Gasteiger partial charge in [-0.05, 0) is 24.6 Å². The lowest BCUT2D eigenvalue weighted by Crippen LogP contribution is -2.42. The number of aryl methyl sites for hydroxylation is 1. The van der Waals surface area contributed by atoms with Crippen LogP contribution in [0.25, 0.3) is 0 Å². The van der Waals surface area contributed by atoms with Crippen LogP contribution in [0.15, 0.2) is 35.5 Å². The Labute approximate surface area is 120 Å². The van der Waals surface area contributed by atoms with Crippen LogP contribution in [0.2, 0.25) is 0 Å². The van der Waals surface area contributed by atoms with Gasteiger partial charge in [0.05, 0.1) is 18.4 Å². The lowest BCUT2D eigenvalue weighted by atomic mass is 10.1. The summed E-state index contributed by atoms with van der Waals surface area (Å²) in [6.07, 6.45) is 0. The van der Waals surface area contributed by atoms with Crippen molar-refractivity contribution in [2.45, 2.75) is 13.0 Å². The highest BCUT2D eigenvalue weighted by atomic mass is 16.5. The highest BCUT2D eigenvalue weighted by molar-refractivity contribution is 6.32. The van der Waals surface area contributed by atoms with E-state index in [0.29, 0.717) is 5.69 Å². The molecule has 2 aliphatic heterocycles. The van der Waals surface area contributed by atoms with Crippen molar-refractivity contribution in [1.29, 1.82) is 0 Å². The number of hydrogen-bond acceptors (Lipinski definition) is 6. The highest BCUT2D eigenvalue weighted by Crippen LogP contribution is 2.30. The molecule has 1 atom stereocenters. The molecule has 0 aromatic heterocycles. The maximum atomic E-state index is 12.5. The van der Waals surface area contributed by atoms with E-state index in [1.807, 2.05) is 13.0 Å². The largest absolute Gasteiger partial charge is 0.464 e. The highest BCUT2D eigenvalue weighted by Gasteiger charge is 2.50. The topological polar surface area (TPSA) is 87.7 Å². The summed E-state index contributed by atoms with van der Waals surface area (Å²) in [5.41, 5.74) is 6.67. The zero-order valence-electron chi connectivity index (χ0n) is 11.5. The smallest absolute Gasteiger partial charge is 0.356 e. The summed E-state index contributed by atoms with van der Waals surface area (Å²) in [7, 11) is 1.21. The molecule has 2 heterocycles. The second-order valence-corrected chi connectivity index (χ2v) is 4.80. The molecule has 108 valence electrons. The van der Waals surface area contributed by atoms with Gasteiger partial charge in [-0.15, -0.1) is 0 Å². The first kappa shape index (κ1) is 13.3. The molecule has 7 heteroatoms. The summed E-state index contributed by atoms with van der Waals surface area (Å²) in [6, 6.07) is 6.18. The van der Waals surface area contributed by atoms with E-state index < -0.39 is 23.8 Å². The van der Waals surface area contributed by atoms with Gasteiger partial charge in [-0.3, -0.25) is 9.59 Å². The molecule has 1 saturated heterocycles. The van der Waals surface area contributed by atoms with E-state index in [-0.39, 0.29) is 11.3 Å².